The van der Waals surface area contributed by atoms with E-state index in [2.05, 4.69) is 32.3 Å². The molecule has 0 bridgehead atoms. The molecule has 0 unspecified atom stereocenters. The molecule has 0 aliphatic heterocycles. The maximum atomic E-state index is 6.00. The van der Waals surface area contributed by atoms with Gasteiger partial charge < -0.3 is 13.9 Å². The third kappa shape index (κ3) is 2.82. The van der Waals surface area contributed by atoms with Gasteiger partial charge in [0.2, 0.25) is 6.33 Å². The van der Waals surface area contributed by atoms with E-state index in [1.54, 1.807) is 0 Å². The quantitative estimate of drug-likeness (QED) is 0.529. The fourth-order valence-electron chi connectivity index (χ4n) is 2.34. The maximum Gasteiger partial charge on any atom is 0.243 e. The minimum absolute atomic E-state index is 0.845. The average Bonchev–Trinajstić information content (AvgIpc) is 2.89. The predicted molar refractivity (Wildman–Crippen MR) is 81.8 cm³/mol. The van der Waals surface area contributed by atoms with Crippen molar-refractivity contribution in [2.45, 2.75) is 13.8 Å². The highest BCUT2D eigenvalue weighted by Gasteiger charge is 2.08. The Bertz CT molecular complexity index is 760. The Kier molecular flexibility index (Phi) is 3.48. The van der Waals surface area contributed by atoms with Gasteiger partial charge in [0.25, 0.3) is 0 Å². The Morgan fingerprint density at radius 2 is 1.81 bits per heavy atom. The van der Waals surface area contributed by atoms with Crippen LogP contribution in [0, 0.1) is 20.2 Å². The van der Waals surface area contributed by atoms with Crippen molar-refractivity contribution in [1.82, 2.24) is 4.57 Å². The van der Waals surface area contributed by atoms with E-state index in [-0.39, 0.29) is 0 Å². The molecule has 3 heteroatoms. The second-order valence-electron chi connectivity index (χ2n) is 5.20. The third-order valence-electron chi connectivity index (χ3n) is 3.43. The third-order valence-corrected chi connectivity index (χ3v) is 3.43. The number of aryl methyl sites for hydroxylation is 3. The molecule has 0 N–H and O–H groups in total. The van der Waals surface area contributed by atoms with Crippen LogP contribution >= 0.6 is 0 Å². The van der Waals surface area contributed by atoms with Crippen LogP contribution in [-0.2, 0) is 7.05 Å². The lowest BCUT2D eigenvalue weighted by Gasteiger charge is -2.14. The summed E-state index contributed by atoms with van der Waals surface area (Å²) in [4.78, 5) is 0. The van der Waals surface area contributed by atoms with Crippen LogP contribution in [0.2, 0.25) is 0 Å². The highest BCUT2D eigenvalue weighted by molar-refractivity contribution is 5.47. The van der Waals surface area contributed by atoms with Crippen molar-refractivity contribution in [3.63, 3.8) is 0 Å². The Labute approximate surface area is 125 Å². The van der Waals surface area contributed by atoms with Crippen LogP contribution in [0.25, 0.3) is 5.69 Å². The fraction of sp³-hybridized carbons (Fsp3) is 0.167. The Morgan fingerprint density at radius 1 is 1.05 bits per heavy atom. The molecule has 0 atom stereocenters. The Balaban J connectivity index is 2.01. The lowest BCUT2D eigenvalue weighted by molar-refractivity contribution is -0.600. The van der Waals surface area contributed by atoms with Gasteiger partial charge in [-0.05, 0) is 43.2 Å². The van der Waals surface area contributed by atoms with E-state index in [4.69, 9.17) is 4.74 Å². The minimum Gasteiger partial charge on any atom is -0.458 e. The van der Waals surface area contributed by atoms with Crippen LogP contribution < -0.4 is 9.30 Å². The first kappa shape index (κ1) is 13.4. The molecule has 0 aliphatic rings. The minimum atomic E-state index is 0.845. The van der Waals surface area contributed by atoms with Crippen LogP contribution in [-0.4, -0.2) is 4.57 Å². The van der Waals surface area contributed by atoms with Crippen LogP contribution in [0.15, 0.2) is 54.9 Å². The molecule has 0 saturated carbocycles. The van der Waals surface area contributed by atoms with Gasteiger partial charge >= 0.3 is 0 Å². The smallest absolute Gasteiger partial charge is 0.243 e. The Hall–Kier alpha value is -2.55. The van der Waals surface area contributed by atoms with E-state index in [1.165, 1.54) is 5.56 Å². The standard InChI is InChI=1S/C18H18N2O/c1-14-11-15(2)18(21-16-7-5-4-6-8-16)12-17(14)20-10-9-19(3)13-20/h4-12H,1-3H3. The van der Waals surface area contributed by atoms with E-state index in [9.17, 15) is 0 Å². The van der Waals surface area contributed by atoms with Gasteiger partial charge in [-0.25, -0.2) is 0 Å². The molecule has 1 heterocycles. The number of ether oxygens (including phenoxy) is 1. The van der Waals surface area contributed by atoms with Crippen molar-refractivity contribution >= 4 is 0 Å². The summed E-state index contributed by atoms with van der Waals surface area (Å²) in [5, 5.41) is 0. The molecule has 3 nitrogen and oxygen atoms in total. The lowest BCUT2D eigenvalue weighted by Crippen LogP contribution is -2.29. The number of aromatic nitrogens is 2. The van der Waals surface area contributed by atoms with E-state index >= 15 is 0 Å². The second kappa shape index (κ2) is 5.44. The summed E-state index contributed by atoms with van der Waals surface area (Å²) in [6, 6.07) is 14.0. The van der Waals surface area contributed by atoms with Gasteiger partial charge in [0.15, 0.2) is 0 Å². The molecule has 0 radical (unpaired) electrons. The normalized spacial score (nSPS) is 10.6. The zero-order chi connectivity index (χ0) is 14.8. The molecule has 2 aromatic carbocycles. The van der Waals surface area contributed by atoms with E-state index in [0.717, 1.165) is 22.7 Å². The van der Waals surface area contributed by atoms with Crippen molar-refractivity contribution in [3.05, 3.63) is 72.3 Å². The van der Waals surface area contributed by atoms with Crippen molar-refractivity contribution < 1.29 is 9.30 Å². The van der Waals surface area contributed by atoms with Crippen molar-refractivity contribution in [1.29, 1.82) is 0 Å². The number of nitrogens with zero attached hydrogens (tertiary/aromatic N) is 2. The number of para-hydroxylation sites is 1. The van der Waals surface area contributed by atoms with Gasteiger partial charge in [-0.1, -0.05) is 24.3 Å². The molecular weight excluding hydrogens is 260 g/mol. The van der Waals surface area contributed by atoms with Gasteiger partial charge in [0.1, 0.15) is 11.5 Å². The first-order valence-corrected chi connectivity index (χ1v) is 6.94. The number of benzene rings is 2. The number of imidazole rings is 1. The Morgan fingerprint density at radius 3 is 2.48 bits per heavy atom. The molecule has 0 aliphatic carbocycles. The molecule has 21 heavy (non-hydrogen) atoms. The molecule has 3 aromatic rings. The van der Waals surface area contributed by atoms with E-state index in [1.807, 2.05) is 58.9 Å². The molecular formula is C18H18N2O. The van der Waals surface area contributed by atoms with Crippen molar-refractivity contribution in [2.24, 2.45) is 7.05 Å². The van der Waals surface area contributed by atoms with E-state index < -0.39 is 0 Å². The van der Waals surface area contributed by atoms with Gasteiger partial charge in [0, 0.05) is 12.4 Å². The summed E-state index contributed by atoms with van der Waals surface area (Å²) in [5.41, 5.74) is 3.39. The summed E-state index contributed by atoms with van der Waals surface area (Å²) in [6.45, 7) is 4.16. The molecule has 0 spiro atoms. The fourth-order valence-corrected chi connectivity index (χ4v) is 2.34. The molecule has 0 amide bonds. The molecule has 106 valence electrons. The van der Waals surface area contributed by atoms with Crippen LogP contribution in [0.4, 0.5) is 0 Å². The van der Waals surface area contributed by atoms with Crippen molar-refractivity contribution in [2.75, 3.05) is 0 Å². The van der Waals surface area contributed by atoms with Crippen LogP contribution in [0.5, 0.6) is 11.5 Å². The topological polar surface area (TPSA) is 18.0 Å². The second-order valence-corrected chi connectivity index (χ2v) is 5.20. The summed E-state index contributed by atoms with van der Waals surface area (Å²) in [5.74, 6) is 1.71. The van der Waals surface area contributed by atoms with Crippen molar-refractivity contribution in [3.8, 4) is 17.2 Å². The summed E-state index contributed by atoms with van der Waals surface area (Å²) in [6.07, 6.45) is 7.18. The first-order chi connectivity index (χ1) is 10.1. The van der Waals surface area contributed by atoms with Crippen LogP contribution in [0.3, 0.4) is 0 Å². The number of hydrogen-bond donors (Lipinski definition) is 0. The highest BCUT2D eigenvalue weighted by atomic mass is 16.5. The lowest BCUT2D eigenvalue weighted by atomic mass is 10.1. The zero-order valence-corrected chi connectivity index (χ0v) is 12.5. The molecule has 1 aromatic heterocycles. The molecule has 0 fully saturated rings. The molecule has 3 rings (SSSR count). The largest absolute Gasteiger partial charge is 0.458 e. The number of hydrogen-bond acceptors (Lipinski definition) is 1. The predicted octanol–water partition coefficient (Wildman–Crippen LogP) is 3.51. The maximum absolute atomic E-state index is 6.00. The average molecular weight is 278 g/mol. The first-order valence-electron chi connectivity index (χ1n) is 6.94. The summed E-state index contributed by atoms with van der Waals surface area (Å²) < 4.78 is 9.88. The summed E-state index contributed by atoms with van der Waals surface area (Å²) >= 11 is 0. The van der Waals surface area contributed by atoms with E-state index in [0.29, 0.717) is 0 Å². The zero-order valence-electron chi connectivity index (χ0n) is 12.5. The molecule has 0 saturated heterocycles. The van der Waals surface area contributed by atoms with Crippen LogP contribution in [0.1, 0.15) is 11.1 Å². The number of rotatable bonds is 3. The van der Waals surface area contributed by atoms with Gasteiger partial charge in [-0.2, -0.15) is 0 Å². The monoisotopic (exact) mass is 278 g/mol. The van der Waals surface area contributed by atoms with Gasteiger partial charge in [-0.15, -0.1) is 0 Å². The highest BCUT2D eigenvalue weighted by Crippen LogP contribution is 2.27. The summed E-state index contributed by atoms with van der Waals surface area (Å²) in [7, 11) is 1.96. The van der Waals surface area contributed by atoms with Gasteiger partial charge in [0.05, 0.1) is 12.7 Å². The SMILES string of the molecule is Cc1cc(C)c(-[n+]2[c-]n(C)cc2)cc1Oc1ccccc1. The van der Waals surface area contributed by atoms with Gasteiger partial charge in [-0.3, -0.25) is 0 Å².